The highest BCUT2D eigenvalue weighted by Gasteiger charge is 2.41. The van der Waals surface area contributed by atoms with Crippen LogP contribution < -0.4 is 10.1 Å². The van der Waals surface area contributed by atoms with E-state index in [4.69, 9.17) is 13.9 Å². The van der Waals surface area contributed by atoms with Crippen molar-refractivity contribution in [2.24, 2.45) is 5.92 Å². The van der Waals surface area contributed by atoms with Crippen LogP contribution >= 0.6 is 0 Å². The number of hydrogen-bond donors (Lipinski definition) is 1. The van der Waals surface area contributed by atoms with Gasteiger partial charge in [-0.05, 0) is 37.0 Å². The molecule has 3 rings (SSSR count). The van der Waals surface area contributed by atoms with Gasteiger partial charge in [0.25, 0.3) is 0 Å². The molecular formula is C22H32NO3+. The summed E-state index contributed by atoms with van der Waals surface area (Å²) >= 11 is 0. The summed E-state index contributed by atoms with van der Waals surface area (Å²) in [6, 6.07) is 12.5. The van der Waals surface area contributed by atoms with Crippen LogP contribution in [0, 0.1) is 5.92 Å². The Morgan fingerprint density at radius 3 is 2.81 bits per heavy atom. The molecule has 0 radical (unpaired) electrons. The molecular weight excluding hydrogens is 326 g/mol. The summed E-state index contributed by atoms with van der Waals surface area (Å²) in [5, 5.41) is 2.34. The van der Waals surface area contributed by atoms with Gasteiger partial charge in [0.1, 0.15) is 12.3 Å². The van der Waals surface area contributed by atoms with Crippen molar-refractivity contribution in [3.63, 3.8) is 0 Å². The van der Waals surface area contributed by atoms with Gasteiger partial charge in [-0.2, -0.15) is 0 Å². The first kappa shape index (κ1) is 19.0. The maximum Gasteiger partial charge on any atom is 0.157 e. The first-order chi connectivity index (χ1) is 12.6. The van der Waals surface area contributed by atoms with E-state index in [1.165, 1.54) is 5.56 Å². The lowest BCUT2D eigenvalue weighted by Crippen LogP contribution is -2.83. The largest absolute Gasteiger partial charge is 0.496 e. The zero-order valence-corrected chi connectivity index (χ0v) is 16.2. The van der Waals surface area contributed by atoms with Crippen molar-refractivity contribution < 1.29 is 19.2 Å². The number of ether oxygens (including phenoxy) is 2. The fourth-order valence-electron chi connectivity index (χ4n) is 4.12. The first-order valence-corrected chi connectivity index (χ1v) is 9.74. The Hall–Kier alpha value is -1.78. The van der Waals surface area contributed by atoms with E-state index in [-0.39, 0.29) is 5.41 Å². The van der Waals surface area contributed by atoms with E-state index in [0.717, 1.165) is 50.5 Å². The molecule has 26 heavy (non-hydrogen) atoms. The molecule has 1 aromatic heterocycles. The molecule has 1 aliphatic rings. The molecule has 0 bridgehead atoms. The normalized spacial score (nSPS) is 23.3. The minimum absolute atomic E-state index is 0.111. The van der Waals surface area contributed by atoms with Crippen LogP contribution in [0.5, 0.6) is 5.75 Å². The highest BCUT2D eigenvalue weighted by Crippen LogP contribution is 2.44. The lowest BCUT2D eigenvalue weighted by Gasteiger charge is -2.43. The summed E-state index contributed by atoms with van der Waals surface area (Å²) in [5.74, 6) is 2.56. The van der Waals surface area contributed by atoms with Gasteiger partial charge in [-0.25, -0.2) is 0 Å². The van der Waals surface area contributed by atoms with Gasteiger partial charge in [0.2, 0.25) is 0 Å². The minimum atomic E-state index is 0.111. The second-order valence-electron chi connectivity index (χ2n) is 7.70. The maximum atomic E-state index is 6.09. The average Bonchev–Trinajstić information content (AvgIpc) is 3.19. The van der Waals surface area contributed by atoms with Gasteiger partial charge >= 0.3 is 0 Å². The third-order valence-electron chi connectivity index (χ3n) is 5.68. The van der Waals surface area contributed by atoms with Gasteiger partial charge in [-0.1, -0.05) is 32.0 Å². The number of quaternary nitrogens is 1. The quantitative estimate of drug-likeness (QED) is 0.735. The minimum Gasteiger partial charge on any atom is -0.496 e. The molecule has 0 saturated carbocycles. The topological polar surface area (TPSA) is 48.2 Å². The van der Waals surface area contributed by atoms with Crippen molar-refractivity contribution in [3.05, 3.63) is 54.0 Å². The summed E-state index contributed by atoms with van der Waals surface area (Å²) in [5.41, 5.74) is 1.45. The van der Waals surface area contributed by atoms with E-state index in [1.54, 1.807) is 13.4 Å². The maximum absolute atomic E-state index is 6.09. The van der Waals surface area contributed by atoms with E-state index < -0.39 is 0 Å². The Balaban J connectivity index is 1.77. The van der Waals surface area contributed by atoms with Crippen molar-refractivity contribution in [1.29, 1.82) is 0 Å². The molecule has 2 atom stereocenters. The molecule has 1 aliphatic heterocycles. The number of nitrogens with two attached hydrogens (primary N) is 1. The van der Waals surface area contributed by atoms with Crippen LogP contribution in [0.3, 0.4) is 0 Å². The average molecular weight is 359 g/mol. The van der Waals surface area contributed by atoms with E-state index in [0.29, 0.717) is 12.0 Å². The predicted octanol–water partition coefficient (Wildman–Crippen LogP) is 3.51. The summed E-state index contributed by atoms with van der Waals surface area (Å²) in [6.45, 7) is 7.28. The third kappa shape index (κ3) is 4.30. The molecule has 4 heteroatoms. The summed E-state index contributed by atoms with van der Waals surface area (Å²) < 4.78 is 17.3. The van der Waals surface area contributed by atoms with Crippen molar-refractivity contribution in [3.8, 4) is 5.75 Å². The van der Waals surface area contributed by atoms with Gasteiger partial charge in [0.05, 0.1) is 26.0 Å². The molecule has 0 aliphatic carbocycles. The van der Waals surface area contributed by atoms with E-state index in [2.05, 4.69) is 43.4 Å². The van der Waals surface area contributed by atoms with E-state index in [9.17, 15) is 0 Å². The molecule has 2 N–H and O–H groups in total. The predicted molar refractivity (Wildman–Crippen MR) is 102 cm³/mol. The van der Waals surface area contributed by atoms with Gasteiger partial charge < -0.3 is 19.2 Å². The molecule has 142 valence electrons. The number of para-hydroxylation sites is 1. The van der Waals surface area contributed by atoms with Crippen LogP contribution in [-0.2, 0) is 16.7 Å². The fraction of sp³-hybridized carbons (Fsp3) is 0.545. The smallest absolute Gasteiger partial charge is 0.157 e. The summed E-state index contributed by atoms with van der Waals surface area (Å²) in [7, 11) is 1.77. The van der Waals surface area contributed by atoms with Crippen LogP contribution in [-0.4, -0.2) is 26.4 Å². The number of benzene rings is 1. The number of furan rings is 1. The number of rotatable bonds is 8. The Bertz CT molecular complexity index is 668. The molecule has 0 unspecified atom stereocenters. The standard InChI is InChI=1S/C22H31NO3/c1-17(2)21-15-22(11-14-26-21,19-8-4-5-9-20(19)24-3)10-12-23-16-18-7-6-13-25-18/h4-9,13,17,21,23H,10-12,14-16H2,1-3H3/p+1/t21-,22+/m0/s1. The number of hydrogen-bond acceptors (Lipinski definition) is 3. The lowest BCUT2D eigenvalue weighted by atomic mass is 9.68. The summed E-state index contributed by atoms with van der Waals surface area (Å²) in [4.78, 5) is 0. The highest BCUT2D eigenvalue weighted by atomic mass is 16.5. The molecule has 1 saturated heterocycles. The fourth-order valence-corrected chi connectivity index (χ4v) is 4.12. The van der Waals surface area contributed by atoms with Gasteiger partial charge in [-0.15, -0.1) is 0 Å². The van der Waals surface area contributed by atoms with Crippen molar-refractivity contribution in [1.82, 2.24) is 0 Å². The lowest BCUT2D eigenvalue weighted by molar-refractivity contribution is -0.673. The molecule has 1 aromatic carbocycles. The number of methoxy groups -OCH3 is 1. The molecule has 0 amide bonds. The monoisotopic (exact) mass is 358 g/mol. The molecule has 0 spiro atoms. The zero-order valence-electron chi connectivity index (χ0n) is 16.2. The van der Waals surface area contributed by atoms with Gasteiger partial charge in [0.15, 0.2) is 5.76 Å². The second kappa shape index (κ2) is 8.74. The SMILES string of the molecule is COc1ccccc1[C@]1(CC[NH2+]Cc2ccco2)CCO[C@H](C(C)C)C1. The zero-order chi connectivity index (χ0) is 18.4. The van der Waals surface area contributed by atoms with Gasteiger partial charge in [0, 0.05) is 24.0 Å². The highest BCUT2D eigenvalue weighted by molar-refractivity contribution is 5.40. The Kier molecular flexibility index (Phi) is 6.38. The Morgan fingerprint density at radius 1 is 1.23 bits per heavy atom. The van der Waals surface area contributed by atoms with E-state index in [1.807, 2.05) is 12.1 Å². The van der Waals surface area contributed by atoms with Crippen LogP contribution in [0.2, 0.25) is 0 Å². The van der Waals surface area contributed by atoms with Crippen molar-refractivity contribution in [2.45, 2.75) is 51.2 Å². The van der Waals surface area contributed by atoms with Crippen LogP contribution in [0.1, 0.15) is 44.4 Å². The summed E-state index contributed by atoms with van der Waals surface area (Å²) in [6.07, 6.45) is 5.26. The van der Waals surface area contributed by atoms with Gasteiger partial charge in [-0.3, -0.25) is 0 Å². The van der Waals surface area contributed by atoms with E-state index >= 15 is 0 Å². The molecule has 2 heterocycles. The van der Waals surface area contributed by atoms with Crippen LogP contribution in [0.15, 0.2) is 47.1 Å². The van der Waals surface area contributed by atoms with Crippen molar-refractivity contribution >= 4 is 0 Å². The van der Waals surface area contributed by atoms with Crippen LogP contribution in [0.4, 0.5) is 0 Å². The molecule has 2 aromatic rings. The first-order valence-electron chi connectivity index (χ1n) is 9.74. The molecule has 4 nitrogen and oxygen atoms in total. The Morgan fingerprint density at radius 2 is 2.08 bits per heavy atom. The van der Waals surface area contributed by atoms with Crippen molar-refractivity contribution in [2.75, 3.05) is 20.3 Å². The third-order valence-corrected chi connectivity index (χ3v) is 5.68. The Labute approximate surface area is 156 Å². The molecule has 1 fully saturated rings. The second-order valence-corrected chi connectivity index (χ2v) is 7.70. The van der Waals surface area contributed by atoms with Crippen LogP contribution in [0.25, 0.3) is 0 Å².